The van der Waals surface area contributed by atoms with Crippen molar-refractivity contribution in [1.29, 1.82) is 0 Å². The van der Waals surface area contributed by atoms with Gasteiger partial charge in [-0.2, -0.15) is 0 Å². The number of ether oxygens (including phenoxy) is 1. The first-order valence-electron chi connectivity index (χ1n) is 14.1. The molecule has 12 nitrogen and oxygen atoms in total. The fourth-order valence-corrected chi connectivity index (χ4v) is 5.16. The van der Waals surface area contributed by atoms with Gasteiger partial charge in [-0.3, -0.25) is 19.2 Å². The van der Waals surface area contributed by atoms with Crippen LogP contribution in [0.25, 0.3) is 0 Å². The molecule has 2 aromatic heterocycles. The summed E-state index contributed by atoms with van der Waals surface area (Å²) in [7, 11) is 0. The molecule has 4 rings (SSSR count). The molecule has 3 atom stereocenters. The predicted molar refractivity (Wildman–Crippen MR) is 152 cm³/mol. The van der Waals surface area contributed by atoms with Crippen LogP contribution < -0.4 is 21.5 Å². The zero-order chi connectivity index (χ0) is 30.1. The minimum atomic E-state index is -1.13. The van der Waals surface area contributed by atoms with E-state index in [2.05, 4.69) is 27.0 Å². The normalized spacial score (nSPS) is 18.6. The molecule has 3 N–H and O–H groups in total. The minimum Gasteiger partial charge on any atom is -0.459 e. The molecule has 0 unspecified atom stereocenters. The van der Waals surface area contributed by atoms with Crippen molar-refractivity contribution in [1.82, 2.24) is 20.4 Å². The van der Waals surface area contributed by atoms with Gasteiger partial charge in [0.25, 0.3) is 11.5 Å². The molecular formula is C30H35N5O7. The third kappa shape index (κ3) is 7.96. The van der Waals surface area contributed by atoms with Crippen LogP contribution in [-0.2, 0) is 19.1 Å². The Kier molecular flexibility index (Phi) is 10.3. The number of rotatable bonds is 11. The number of aromatic nitrogens is 2. The maximum atomic E-state index is 13.5. The summed E-state index contributed by atoms with van der Waals surface area (Å²) in [5.74, 6) is 0.613. The third-order valence-corrected chi connectivity index (χ3v) is 7.36. The Morgan fingerprint density at radius 3 is 2.71 bits per heavy atom. The fraction of sp³-hybridized carbons (Fsp3) is 0.467. The van der Waals surface area contributed by atoms with Crippen molar-refractivity contribution < 1.29 is 28.4 Å². The number of esters is 1. The summed E-state index contributed by atoms with van der Waals surface area (Å²) < 4.78 is 11.6. The Balaban J connectivity index is 1.51. The van der Waals surface area contributed by atoms with E-state index in [4.69, 9.17) is 15.7 Å². The Hall–Kier alpha value is -4.66. The Labute approximate surface area is 243 Å². The molecule has 2 aromatic rings. The van der Waals surface area contributed by atoms with Gasteiger partial charge in [0, 0.05) is 43.3 Å². The molecular weight excluding hydrogens is 542 g/mol. The molecule has 0 bridgehead atoms. The summed E-state index contributed by atoms with van der Waals surface area (Å²) in [5, 5.41) is 11.8. The highest BCUT2D eigenvalue weighted by atomic mass is 16.5. The number of carbonyl (C=O) groups is 4. The topological polar surface area (TPSA) is 162 Å². The standard InChI is InChI=1S/C30H35N5O7/c1-3-8-25(35-16-7-11-23(30(35)40)33-28(38)24-17-19(2)42-34-24)29(39)32-21(18-20-14-15-31-27(20)37)12-13-26(36)41-22-9-5-4-6-10-22/h1,7,11-13,16-17,20-22,25H,4-6,8-10,14-15,18H2,2H3,(H,31,37)(H,32,39)(H,33,38)/b13-12+/t20-,21+,25-/m0/s1. The lowest BCUT2D eigenvalue weighted by Crippen LogP contribution is -2.43. The predicted octanol–water partition coefficient (Wildman–Crippen LogP) is 2.40. The molecule has 1 aliphatic carbocycles. The van der Waals surface area contributed by atoms with Gasteiger partial charge in [0.05, 0.1) is 0 Å². The molecule has 1 saturated carbocycles. The number of terminal acetylenes is 1. The van der Waals surface area contributed by atoms with E-state index in [-0.39, 0.29) is 42.2 Å². The number of anilines is 1. The van der Waals surface area contributed by atoms with Gasteiger partial charge < -0.3 is 29.8 Å². The molecule has 3 amide bonds. The average Bonchev–Trinajstić information content (AvgIpc) is 3.59. The van der Waals surface area contributed by atoms with E-state index in [1.54, 1.807) is 6.92 Å². The summed E-state index contributed by atoms with van der Waals surface area (Å²) >= 11 is 0. The quantitative estimate of drug-likeness (QED) is 0.208. The van der Waals surface area contributed by atoms with Gasteiger partial charge >= 0.3 is 5.97 Å². The van der Waals surface area contributed by atoms with E-state index in [0.717, 1.165) is 36.7 Å². The smallest absolute Gasteiger partial charge is 0.330 e. The molecule has 2 fully saturated rings. The fourth-order valence-electron chi connectivity index (χ4n) is 5.16. The highest BCUT2D eigenvalue weighted by Gasteiger charge is 2.30. The first-order valence-corrected chi connectivity index (χ1v) is 14.1. The summed E-state index contributed by atoms with van der Waals surface area (Å²) in [5.41, 5.74) is -0.741. The van der Waals surface area contributed by atoms with E-state index in [1.807, 2.05) is 0 Å². The number of nitrogens with zero attached hydrogens (tertiary/aromatic N) is 2. The van der Waals surface area contributed by atoms with Crippen LogP contribution in [-0.4, -0.2) is 52.1 Å². The van der Waals surface area contributed by atoms with Crippen LogP contribution in [0, 0.1) is 25.2 Å². The van der Waals surface area contributed by atoms with Crippen LogP contribution in [0.1, 0.15) is 73.7 Å². The van der Waals surface area contributed by atoms with E-state index >= 15 is 0 Å². The zero-order valence-corrected chi connectivity index (χ0v) is 23.5. The van der Waals surface area contributed by atoms with Gasteiger partial charge in [0.15, 0.2) is 5.69 Å². The molecule has 1 saturated heterocycles. The maximum absolute atomic E-state index is 13.5. The van der Waals surface area contributed by atoms with E-state index in [9.17, 15) is 24.0 Å². The lowest BCUT2D eigenvalue weighted by atomic mass is 9.97. The van der Waals surface area contributed by atoms with Crippen LogP contribution in [0.3, 0.4) is 0 Å². The second-order valence-electron chi connectivity index (χ2n) is 10.5. The molecule has 0 radical (unpaired) electrons. The summed E-state index contributed by atoms with van der Waals surface area (Å²) in [6.45, 7) is 2.16. The second-order valence-corrected chi connectivity index (χ2v) is 10.5. The van der Waals surface area contributed by atoms with Crippen LogP contribution in [0.15, 0.2) is 45.9 Å². The second kappa shape index (κ2) is 14.3. The highest BCUT2D eigenvalue weighted by Crippen LogP contribution is 2.21. The molecule has 42 heavy (non-hydrogen) atoms. The molecule has 2 aliphatic rings. The summed E-state index contributed by atoms with van der Waals surface area (Å²) in [6, 6.07) is 2.49. The molecule has 12 heteroatoms. The number of hydrogen-bond donors (Lipinski definition) is 3. The lowest BCUT2D eigenvalue weighted by Gasteiger charge is -2.23. The first-order chi connectivity index (χ1) is 20.2. The summed E-state index contributed by atoms with van der Waals surface area (Å²) in [4.78, 5) is 64.2. The molecule has 1 aliphatic heterocycles. The maximum Gasteiger partial charge on any atom is 0.330 e. The van der Waals surface area contributed by atoms with Crippen LogP contribution in [0.2, 0.25) is 0 Å². The van der Waals surface area contributed by atoms with Crippen molar-refractivity contribution in [2.24, 2.45) is 5.92 Å². The Morgan fingerprint density at radius 1 is 1.26 bits per heavy atom. The van der Waals surface area contributed by atoms with Crippen molar-refractivity contribution in [2.45, 2.75) is 76.5 Å². The number of carbonyl (C=O) groups excluding carboxylic acids is 4. The van der Waals surface area contributed by atoms with Crippen molar-refractivity contribution in [3.8, 4) is 12.3 Å². The van der Waals surface area contributed by atoms with Gasteiger partial charge in [-0.25, -0.2) is 4.79 Å². The van der Waals surface area contributed by atoms with Crippen LogP contribution in [0.4, 0.5) is 5.69 Å². The van der Waals surface area contributed by atoms with Gasteiger partial charge in [-0.1, -0.05) is 17.7 Å². The summed E-state index contributed by atoms with van der Waals surface area (Å²) in [6.07, 6.45) is 15.1. The van der Waals surface area contributed by atoms with Gasteiger partial charge in [-0.05, 0) is 57.6 Å². The zero-order valence-electron chi connectivity index (χ0n) is 23.5. The van der Waals surface area contributed by atoms with E-state index in [0.29, 0.717) is 18.7 Å². The SMILES string of the molecule is C#CC[C@@H](C(=O)N[C@H](/C=C/C(=O)OC1CCCCC1)C[C@@H]1CCNC1=O)n1cccc(NC(=O)c2cc(C)on2)c1=O. The van der Waals surface area contributed by atoms with Gasteiger partial charge in [0.1, 0.15) is 23.6 Å². The van der Waals surface area contributed by atoms with Gasteiger partial charge in [-0.15, -0.1) is 12.3 Å². The molecule has 3 heterocycles. The van der Waals surface area contributed by atoms with Crippen LogP contribution >= 0.6 is 0 Å². The number of amides is 3. The van der Waals surface area contributed by atoms with Crippen molar-refractivity contribution in [3.63, 3.8) is 0 Å². The third-order valence-electron chi connectivity index (χ3n) is 7.36. The minimum absolute atomic E-state index is 0.00665. The number of pyridine rings is 1. The number of nitrogens with one attached hydrogen (secondary N) is 3. The molecule has 222 valence electrons. The number of hydrogen-bond acceptors (Lipinski definition) is 8. The molecule has 0 spiro atoms. The van der Waals surface area contributed by atoms with Crippen molar-refractivity contribution >= 4 is 29.4 Å². The Bertz CT molecular complexity index is 1430. The number of aryl methyl sites for hydroxylation is 1. The van der Waals surface area contributed by atoms with Gasteiger partial charge in [0.2, 0.25) is 11.8 Å². The van der Waals surface area contributed by atoms with Crippen molar-refractivity contribution in [3.05, 3.63) is 58.4 Å². The van der Waals surface area contributed by atoms with E-state index < -0.39 is 35.4 Å². The highest BCUT2D eigenvalue weighted by molar-refractivity contribution is 6.02. The lowest BCUT2D eigenvalue weighted by molar-refractivity contribution is -0.144. The first kappa shape index (κ1) is 30.3. The Morgan fingerprint density at radius 2 is 2.05 bits per heavy atom. The van der Waals surface area contributed by atoms with E-state index in [1.165, 1.54) is 36.5 Å². The largest absolute Gasteiger partial charge is 0.459 e. The van der Waals surface area contributed by atoms with Crippen molar-refractivity contribution in [2.75, 3.05) is 11.9 Å². The van der Waals surface area contributed by atoms with Crippen LogP contribution in [0.5, 0.6) is 0 Å². The monoisotopic (exact) mass is 577 g/mol. The molecule has 0 aromatic carbocycles. The average molecular weight is 578 g/mol.